The Bertz CT molecular complexity index is 464. The number of hydrogen-bond acceptors (Lipinski definition) is 4. The van der Waals surface area contributed by atoms with Crippen LogP contribution in [0.3, 0.4) is 0 Å². The van der Waals surface area contributed by atoms with E-state index in [2.05, 4.69) is 9.80 Å². The zero-order valence-electron chi connectivity index (χ0n) is 15.8. The first-order chi connectivity index (χ1) is 12.2. The van der Waals surface area contributed by atoms with Crippen molar-refractivity contribution >= 4 is 5.91 Å². The van der Waals surface area contributed by atoms with Crippen LogP contribution >= 0.6 is 0 Å². The number of amides is 1. The summed E-state index contributed by atoms with van der Waals surface area (Å²) in [6.45, 7) is 4.66. The average Bonchev–Trinajstić information content (AvgIpc) is 2.69. The van der Waals surface area contributed by atoms with E-state index >= 15 is 0 Å². The van der Waals surface area contributed by atoms with Crippen LogP contribution in [0.4, 0.5) is 0 Å². The SMILES string of the molecule is COC1CN(C2CCN(C(=O)C3CCCCC3)CC2)C12CCOCC2. The van der Waals surface area contributed by atoms with E-state index in [-0.39, 0.29) is 5.54 Å². The molecule has 3 aliphatic heterocycles. The number of hydrogen-bond donors (Lipinski definition) is 0. The van der Waals surface area contributed by atoms with Gasteiger partial charge < -0.3 is 14.4 Å². The highest BCUT2D eigenvalue weighted by atomic mass is 16.5. The molecule has 142 valence electrons. The van der Waals surface area contributed by atoms with Gasteiger partial charge in [-0.25, -0.2) is 0 Å². The molecule has 0 N–H and O–H groups in total. The Kier molecular flexibility index (Phi) is 5.35. The Balaban J connectivity index is 1.33. The lowest BCUT2D eigenvalue weighted by Gasteiger charge is -2.63. The van der Waals surface area contributed by atoms with E-state index in [1.807, 2.05) is 7.11 Å². The van der Waals surface area contributed by atoms with Crippen LogP contribution in [-0.4, -0.2) is 73.3 Å². The quantitative estimate of drug-likeness (QED) is 0.784. The molecule has 3 heterocycles. The molecule has 1 atom stereocenters. The molecular formula is C20H34N2O3. The van der Waals surface area contributed by atoms with Crippen LogP contribution in [0, 0.1) is 5.92 Å². The number of likely N-dealkylation sites (tertiary alicyclic amines) is 2. The van der Waals surface area contributed by atoms with E-state index in [0.29, 0.717) is 24.0 Å². The molecule has 4 aliphatic rings. The summed E-state index contributed by atoms with van der Waals surface area (Å²) in [6, 6.07) is 0.611. The highest BCUT2D eigenvalue weighted by molar-refractivity contribution is 5.79. The van der Waals surface area contributed by atoms with Crippen molar-refractivity contribution < 1.29 is 14.3 Å². The largest absolute Gasteiger partial charge is 0.381 e. The molecule has 0 bridgehead atoms. The van der Waals surface area contributed by atoms with Crippen molar-refractivity contribution in [3.63, 3.8) is 0 Å². The van der Waals surface area contributed by atoms with Gasteiger partial charge in [-0.3, -0.25) is 9.69 Å². The lowest BCUT2D eigenvalue weighted by molar-refractivity contribution is -0.208. The third-order valence-electron chi connectivity index (χ3n) is 7.35. The minimum Gasteiger partial charge on any atom is -0.381 e. The van der Waals surface area contributed by atoms with Gasteiger partial charge in [0.15, 0.2) is 0 Å². The van der Waals surface area contributed by atoms with Gasteiger partial charge in [-0.15, -0.1) is 0 Å². The smallest absolute Gasteiger partial charge is 0.225 e. The van der Waals surface area contributed by atoms with Gasteiger partial charge in [-0.1, -0.05) is 19.3 Å². The molecule has 0 aromatic heterocycles. The zero-order chi connectivity index (χ0) is 17.3. The highest BCUT2D eigenvalue weighted by Gasteiger charge is 2.56. The standard InChI is InChI=1S/C20H34N2O3/c1-24-18-15-22(20(18)9-13-25-14-10-20)17-7-11-21(12-8-17)19(23)16-5-3-2-4-6-16/h16-18H,2-15H2,1H3. The number of rotatable bonds is 3. The Morgan fingerprint density at radius 1 is 1.04 bits per heavy atom. The maximum Gasteiger partial charge on any atom is 0.225 e. The van der Waals surface area contributed by atoms with Crippen molar-refractivity contribution in [2.24, 2.45) is 5.92 Å². The van der Waals surface area contributed by atoms with Crippen LogP contribution in [0.1, 0.15) is 57.8 Å². The normalized spacial score (nSPS) is 31.9. The summed E-state index contributed by atoms with van der Waals surface area (Å²) in [7, 11) is 1.85. The van der Waals surface area contributed by atoms with E-state index < -0.39 is 0 Å². The molecule has 5 heteroatoms. The second kappa shape index (κ2) is 7.53. The average molecular weight is 351 g/mol. The number of carbonyl (C=O) groups is 1. The fourth-order valence-corrected chi connectivity index (χ4v) is 5.75. The fraction of sp³-hybridized carbons (Fsp3) is 0.950. The maximum atomic E-state index is 12.8. The number of piperidine rings is 1. The lowest BCUT2D eigenvalue weighted by Crippen LogP contribution is -2.75. The molecule has 1 aliphatic carbocycles. The Morgan fingerprint density at radius 2 is 1.72 bits per heavy atom. The number of carbonyl (C=O) groups excluding carboxylic acids is 1. The van der Waals surface area contributed by atoms with Crippen LogP contribution in [-0.2, 0) is 14.3 Å². The first-order valence-corrected chi connectivity index (χ1v) is 10.4. The van der Waals surface area contributed by atoms with Crippen LogP contribution in [0.15, 0.2) is 0 Å². The first-order valence-electron chi connectivity index (χ1n) is 10.4. The van der Waals surface area contributed by atoms with Gasteiger partial charge >= 0.3 is 0 Å². The van der Waals surface area contributed by atoms with Crippen molar-refractivity contribution in [3.05, 3.63) is 0 Å². The number of methoxy groups -OCH3 is 1. The topological polar surface area (TPSA) is 42.0 Å². The summed E-state index contributed by atoms with van der Waals surface area (Å²) in [5.41, 5.74) is 0.202. The predicted molar refractivity (Wildman–Crippen MR) is 96.5 cm³/mol. The monoisotopic (exact) mass is 350 g/mol. The summed E-state index contributed by atoms with van der Waals surface area (Å²) in [4.78, 5) is 17.6. The highest BCUT2D eigenvalue weighted by Crippen LogP contribution is 2.44. The van der Waals surface area contributed by atoms with Crippen molar-refractivity contribution in [2.45, 2.75) is 75.5 Å². The molecule has 1 saturated carbocycles. The molecule has 5 nitrogen and oxygen atoms in total. The molecule has 25 heavy (non-hydrogen) atoms. The summed E-state index contributed by atoms with van der Waals surface area (Å²) >= 11 is 0. The van der Waals surface area contributed by atoms with Crippen LogP contribution in [0.5, 0.6) is 0 Å². The third-order valence-corrected chi connectivity index (χ3v) is 7.35. The maximum absolute atomic E-state index is 12.8. The third kappa shape index (κ3) is 3.24. The van der Waals surface area contributed by atoms with Gasteiger partial charge in [0.2, 0.25) is 5.91 Å². The van der Waals surface area contributed by atoms with Gasteiger partial charge in [0, 0.05) is 51.9 Å². The van der Waals surface area contributed by atoms with Crippen LogP contribution in [0.2, 0.25) is 0 Å². The zero-order valence-corrected chi connectivity index (χ0v) is 15.8. The summed E-state index contributed by atoms with van der Waals surface area (Å²) in [5.74, 6) is 0.756. The molecule has 4 fully saturated rings. The first kappa shape index (κ1) is 17.7. The Morgan fingerprint density at radius 3 is 2.36 bits per heavy atom. The minimum atomic E-state index is 0.202. The summed E-state index contributed by atoms with van der Waals surface area (Å²) in [6.07, 6.45) is 10.8. The molecule has 3 saturated heterocycles. The second-order valence-corrected chi connectivity index (χ2v) is 8.48. The van der Waals surface area contributed by atoms with Crippen molar-refractivity contribution in [3.8, 4) is 0 Å². The van der Waals surface area contributed by atoms with Gasteiger partial charge in [-0.05, 0) is 38.5 Å². The van der Waals surface area contributed by atoms with E-state index in [4.69, 9.17) is 9.47 Å². The van der Waals surface area contributed by atoms with Crippen LogP contribution in [0.25, 0.3) is 0 Å². The van der Waals surface area contributed by atoms with E-state index in [9.17, 15) is 4.79 Å². The van der Waals surface area contributed by atoms with Gasteiger partial charge in [-0.2, -0.15) is 0 Å². The van der Waals surface area contributed by atoms with Crippen molar-refractivity contribution in [1.29, 1.82) is 0 Å². The molecule has 0 aromatic rings. The fourth-order valence-electron chi connectivity index (χ4n) is 5.75. The Labute approximate surface area is 152 Å². The van der Waals surface area contributed by atoms with E-state index in [1.54, 1.807) is 0 Å². The molecule has 1 spiro atoms. The molecule has 0 radical (unpaired) electrons. The summed E-state index contributed by atoms with van der Waals surface area (Å²) < 4.78 is 11.4. The number of ether oxygens (including phenoxy) is 2. The van der Waals surface area contributed by atoms with Gasteiger partial charge in [0.25, 0.3) is 0 Å². The lowest BCUT2D eigenvalue weighted by atomic mass is 9.73. The van der Waals surface area contributed by atoms with Crippen LogP contribution < -0.4 is 0 Å². The molecule has 0 aromatic carbocycles. The second-order valence-electron chi connectivity index (χ2n) is 8.48. The van der Waals surface area contributed by atoms with Gasteiger partial charge in [0.05, 0.1) is 11.6 Å². The minimum absolute atomic E-state index is 0.202. The molecule has 1 unspecified atom stereocenters. The number of nitrogens with zero attached hydrogens (tertiary/aromatic N) is 2. The van der Waals surface area contributed by atoms with Gasteiger partial charge in [0.1, 0.15) is 0 Å². The van der Waals surface area contributed by atoms with E-state index in [0.717, 1.165) is 71.4 Å². The van der Waals surface area contributed by atoms with Crippen molar-refractivity contribution in [2.75, 3.05) is 40.0 Å². The predicted octanol–water partition coefficient (Wildman–Crippen LogP) is 2.44. The molecule has 4 rings (SSSR count). The molecule has 1 amide bonds. The Hall–Kier alpha value is -0.650. The molecular weight excluding hydrogens is 316 g/mol. The van der Waals surface area contributed by atoms with E-state index in [1.165, 1.54) is 19.3 Å². The van der Waals surface area contributed by atoms with Crippen molar-refractivity contribution in [1.82, 2.24) is 9.80 Å². The summed E-state index contributed by atoms with van der Waals surface area (Å²) in [5, 5.41) is 0.